The van der Waals surface area contributed by atoms with Gasteiger partial charge in [-0.3, -0.25) is 0 Å². The van der Waals surface area contributed by atoms with E-state index in [2.05, 4.69) is 9.97 Å². The summed E-state index contributed by atoms with van der Waals surface area (Å²) in [6, 6.07) is 11.5. The standard InChI is InChI=1S/C15H12N2O3/c1-20-13-7-6-11(9-4-2-3-5-10(9)13)14-16-8-12(17-14)15(18)19/h2-8H,1H3,(H,16,17)(H,18,19). The average molecular weight is 268 g/mol. The Balaban J connectivity index is 2.23. The largest absolute Gasteiger partial charge is 0.496 e. The number of aromatic nitrogens is 2. The molecule has 0 saturated carbocycles. The lowest BCUT2D eigenvalue weighted by atomic mass is 10.0. The van der Waals surface area contributed by atoms with Crippen LogP contribution in [0.4, 0.5) is 0 Å². The smallest absolute Gasteiger partial charge is 0.353 e. The van der Waals surface area contributed by atoms with Crippen molar-refractivity contribution in [2.45, 2.75) is 0 Å². The zero-order valence-electron chi connectivity index (χ0n) is 10.8. The van der Waals surface area contributed by atoms with Crippen molar-refractivity contribution in [3.05, 3.63) is 48.3 Å². The summed E-state index contributed by atoms with van der Waals surface area (Å²) in [4.78, 5) is 17.9. The van der Waals surface area contributed by atoms with Gasteiger partial charge in [-0.15, -0.1) is 0 Å². The van der Waals surface area contributed by atoms with Gasteiger partial charge in [0.25, 0.3) is 0 Å². The monoisotopic (exact) mass is 268 g/mol. The van der Waals surface area contributed by atoms with Crippen molar-refractivity contribution in [1.82, 2.24) is 9.97 Å². The number of hydrogen-bond acceptors (Lipinski definition) is 3. The van der Waals surface area contributed by atoms with Crippen molar-refractivity contribution in [3.63, 3.8) is 0 Å². The van der Waals surface area contributed by atoms with E-state index in [-0.39, 0.29) is 5.69 Å². The summed E-state index contributed by atoms with van der Waals surface area (Å²) in [5.74, 6) is 0.275. The lowest BCUT2D eigenvalue weighted by Crippen LogP contribution is -1.95. The summed E-state index contributed by atoms with van der Waals surface area (Å²) >= 11 is 0. The van der Waals surface area contributed by atoms with E-state index in [4.69, 9.17) is 9.84 Å². The van der Waals surface area contributed by atoms with Crippen LogP contribution in [0.2, 0.25) is 0 Å². The highest BCUT2D eigenvalue weighted by molar-refractivity contribution is 5.99. The zero-order valence-corrected chi connectivity index (χ0v) is 10.8. The molecule has 0 bridgehead atoms. The molecule has 3 aromatic rings. The molecule has 2 N–H and O–H groups in total. The van der Waals surface area contributed by atoms with Gasteiger partial charge in [0, 0.05) is 10.9 Å². The Morgan fingerprint density at radius 2 is 1.95 bits per heavy atom. The highest BCUT2D eigenvalue weighted by Crippen LogP contribution is 2.32. The van der Waals surface area contributed by atoms with Gasteiger partial charge in [0.05, 0.1) is 13.3 Å². The molecule has 0 amide bonds. The van der Waals surface area contributed by atoms with Crippen molar-refractivity contribution in [1.29, 1.82) is 0 Å². The molecule has 5 nitrogen and oxygen atoms in total. The molecule has 20 heavy (non-hydrogen) atoms. The minimum atomic E-state index is -1.03. The molecular weight excluding hydrogens is 256 g/mol. The predicted molar refractivity (Wildman–Crippen MR) is 75.0 cm³/mol. The number of hydrogen-bond donors (Lipinski definition) is 2. The third-order valence-electron chi connectivity index (χ3n) is 3.17. The van der Waals surface area contributed by atoms with Crippen LogP contribution >= 0.6 is 0 Å². The number of aromatic amines is 1. The van der Waals surface area contributed by atoms with E-state index >= 15 is 0 Å². The minimum absolute atomic E-state index is 0.0694. The molecule has 5 heteroatoms. The van der Waals surface area contributed by atoms with Crippen LogP contribution in [-0.4, -0.2) is 28.2 Å². The number of methoxy groups -OCH3 is 1. The summed E-state index contributed by atoms with van der Waals surface area (Å²) in [6.45, 7) is 0. The molecule has 1 aromatic heterocycles. The third-order valence-corrected chi connectivity index (χ3v) is 3.17. The first-order valence-electron chi connectivity index (χ1n) is 6.05. The topological polar surface area (TPSA) is 75.2 Å². The van der Waals surface area contributed by atoms with Crippen LogP contribution in [0.5, 0.6) is 5.75 Å². The van der Waals surface area contributed by atoms with Gasteiger partial charge in [-0.25, -0.2) is 9.78 Å². The van der Waals surface area contributed by atoms with E-state index < -0.39 is 5.97 Å². The van der Waals surface area contributed by atoms with Crippen LogP contribution in [0.15, 0.2) is 42.6 Å². The van der Waals surface area contributed by atoms with Gasteiger partial charge in [-0.05, 0) is 17.5 Å². The van der Waals surface area contributed by atoms with Crippen molar-refractivity contribution in [2.75, 3.05) is 7.11 Å². The summed E-state index contributed by atoms with van der Waals surface area (Å²) < 4.78 is 5.34. The second-order valence-corrected chi connectivity index (χ2v) is 4.31. The van der Waals surface area contributed by atoms with Crippen LogP contribution in [0, 0.1) is 0 Å². The number of H-pyrrole nitrogens is 1. The van der Waals surface area contributed by atoms with Gasteiger partial charge in [0.1, 0.15) is 17.3 Å². The van der Waals surface area contributed by atoms with E-state index in [1.54, 1.807) is 7.11 Å². The van der Waals surface area contributed by atoms with Gasteiger partial charge < -0.3 is 14.8 Å². The molecule has 1 heterocycles. The first kappa shape index (κ1) is 12.2. The van der Waals surface area contributed by atoms with E-state index in [0.29, 0.717) is 5.82 Å². The number of aromatic carboxylic acids is 1. The number of carbonyl (C=O) groups is 1. The van der Waals surface area contributed by atoms with Gasteiger partial charge in [0.15, 0.2) is 0 Å². The Hall–Kier alpha value is -2.82. The Kier molecular flexibility index (Phi) is 2.87. The number of imidazole rings is 1. The van der Waals surface area contributed by atoms with Gasteiger partial charge in [-0.1, -0.05) is 24.3 Å². The highest BCUT2D eigenvalue weighted by Gasteiger charge is 2.12. The second kappa shape index (κ2) is 4.70. The Morgan fingerprint density at radius 3 is 2.60 bits per heavy atom. The van der Waals surface area contributed by atoms with Crippen LogP contribution in [0.25, 0.3) is 22.2 Å². The van der Waals surface area contributed by atoms with Crippen molar-refractivity contribution in [2.24, 2.45) is 0 Å². The fourth-order valence-corrected chi connectivity index (χ4v) is 2.22. The first-order valence-corrected chi connectivity index (χ1v) is 6.05. The average Bonchev–Trinajstić information content (AvgIpc) is 2.96. The number of ether oxygens (including phenoxy) is 1. The fraction of sp³-hybridized carbons (Fsp3) is 0.0667. The number of benzene rings is 2. The third kappa shape index (κ3) is 1.89. The molecule has 100 valence electrons. The van der Waals surface area contributed by atoms with Crippen molar-refractivity contribution in [3.8, 4) is 17.1 Å². The van der Waals surface area contributed by atoms with Gasteiger partial charge in [-0.2, -0.15) is 0 Å². The predicted octanol–water partition coefficient (Wildman–Crippen LogP) is 2.94. The maximum atomic E-state index is 10.9. The molecule has 0 unspecified atom stereocenters. The van der Waals surface area contributed by atoms with E-state index in [0.717, 1.165) is 22.1 Å². The molecule has 0 spiro atoms. The molecule has 0 fully saturated rings. The van der Waals surface area contributed by atoms with Crippen molar-refractivity contribution >= 4 is 16.7 Å². The summed E-state index contributed by atoms with van der Waals surface area (Å²) in [5.41, 5.74) is 0.911. The molecule has 0 aliphatic carbocycles. The Labute approximate surface area is 114 Å². The van der Waals surface area contributed by atoms with E-state index in [1.165, 1.54) is 6.20 Å². The summed E-state index contributed by atoms with van der Waals surface area (Å²) in [6.07, 6.45) is 1.32. The quantitative estimate of drug-likeness (QED) is 0.765. The zero-order chi connectivity index (χ0) is 14.1. The minimum Gasteiger partial charge on any atom is -0.496 e. The molecule has 0 radical (unpaired) electrons. The fourth-order valence-electron chi connectivity index (χ4n) is 2.22. The molecule has 0 aliphatic rings. The number of carboxylic acids is 1. The summed E-state index contributed by atoms with van der Waals surface area (Å²) in [5, 5.41) is 10.9. The van der Waals surface area contributed by atoms with Crippen molar-refractivity contribution < 1.29 is 14.6 Å². The van der Waals surface area contributed by atoms with Crippen LogP contribution in [0.3, 0.4) is 0 Å². The number of rotatable bonds is 3. The maximum Gasteiger partial charge on any atom is 0.353 e. The van der Waals surface area contributed by atoms with Gasteiger partial charge >= 0.3 is 5.97 Å². The van der Waals surface area contributed by atoms with Gasteiger partial charge in [0.2, 0.25) is 0 Å². The molecule has 0 aliphatic heterocycles. The molecule has 0 atom stereocenters. The number of nitrogens with zero attached hydrogens (tertiary/aromatic N) is 1. The normalized spacial score (nSPS) is 10.7. The molecule has 2 aromatic carbocycles. The SMILES string of the molecule is COc1ccc(-c2ncc(C(=O)O)[nH]2)c2ccccc12. The van der Waals surface area contributed by atoms with E-state index in [9.17, 15) is 4.79 Å². The Bertz CT molecular complexity index is 793. The second-order valence-electron chi connectivity index (χ2n) is 4.31. The molecule has 0 saturated heterocycles. The summed E-state index contributed by atoms with van der Waals surface area (Å²) in [7, 11) is 1.62. The molecular formula is C15H12N2O3. The van der Waals surface area contributed by atoms with Crippen LogP contribution in [0.1, 0.15) is 10.5 Å². The lowest BCUT2D eigenvalue weighted by Gasteiger charge is -2.08. The highest BCUT2D eigenvalue weighted by atomic mass is 16.5. The van der Waals surface area contributed by atoms with Crippen LogP contribution in [-0.2, 0) is 0 Å². The number of nitrogens with one attached hydrogen (secondary N) is 1. The Morgan fingerprint density at radius 1 is 1.20 bits per heavy atom. The molecule has 3 rings (SSSR count). The first-order chi connectivity index (χ1) is 9.70. The maximum absolute atomic E-state index is 10.9. The number of carboxylic acid groups (broad SMARTS) is 1. The van der Waals surface area contributed by atoms with E-state index in [1.807, 2.05) is 36.4 Å². The lowest BCUT2D eigenvalue weighted by molar-refractivity contribution is 0.0691. The number of fused-ring (bicyclic) bond motifs is 1. The van der Waals surface area contributed by atoms with Crippen LogP contribution < -0.4 is 4.74 Å².